The van der Waals surface area contributed by atoms with E-state index < -0.39 is 5.60 Å². The van der Waals surface area contributed by atoms with E-state index >= 15 is 0 Å². The van der Waals surface area contributed by atoms with Crippen molar-refractivity contribution in [3.8, 4) is 0 Å². The summed E-state index contributed by atoms with van der Waals surface area (Å²) in [6.45, 7) is 9.70. The van der Waals surface area contributed by atoms with Crippen LogP contribution in [0, 0.1) is 0 Å². The van der Waals surface area contributed by atoms with Gasteiger partial charge in [0.15, 0.2) is 0 Å². The highest BCUT2D eigenvalue weighted by Gasteiger charge is 2.35. The van der Waals surface area contributed by atoms with Gasteiger partial charge in [0.1, 0.15) is 0 Å². The van der Waals surface area contributed by atoms with E-state index in [1.807, 2.05) is 0 Å². The summed E-state index contributed by atoms with van der Waals surface area (Å²) in [7, 11) is 2.69. The molecule has 1 N–H and O–H groups in total. The minimum atomic E-state index is -0.925. The number of carbonyl (C=O) groups is 2. The first-order chi connectivity index (χ1) is 13.5. The molecule has 0 fully saturated rings. The monoisotopic (exact) mass is 404 g/mol. The van der Waals surface area contributed by atoms with Crippen molar-refractivity contribution in [2.75, 3.05) is 14.2 Å². The first-order valence-electron chi connectivity index (χ1n) is 10.2. The van der Waals surface area contributed by atoms with Gasteiger partial charge < -0.3 is 14.6 Å². The van der Waals surface area contributed by atoms with Gasteiger partial charge in [0.2, 0.25) is 23.1 Å². The Hall–Kier alpha value is -2.14. The van der Waals surface area contributed by atoms with Gasteiger partial charge in [-0.15, -0.1) is 0 Å². The minimum absolute atomic E-state index is 0.0563. The Balaban J connectivity index is 2.69. The zero-order valence-electron chi connectivity index (χ0n) is 19.0. The number of allylic oxidation sites excluding steroid dienone is 6. The maximum Gasteiger partial charge on any atom is 0.228 e. The van der Waals surface area contributed by atoms with E-state index in [0.29, 0.717) is 30.4 Å². The Kier molecular flexibility index (Phi) is 9.57. The van der Waals surface area contributed by atoms with Crippen molar-refractivity contribution in [3.63, 3.8) is 0 Å². The smallest absolute Gasteiger partial charge is 0.228 e. The predicted molar refractivity (Wildman–Crippen MR) is 115 cm³/mol. The molecule has 5 heteroatoms. The highest BCUT2D eigenvalue weighted by atomic mass is 16.5. The third kappa shape index (κ3) is 7.32. The third-order valence-electron chi connectivity index (χ3n) is 5.27. The number of ketones is 2. The van der Waals surface area contributed by atoms with Gasteiger partial charge in [-0.05, 0) is 73.1 Å². The zero-order valence-corrected chi connectivity index (χ0v) is 19.0. The summed E-state index contributed by atoms with van der Waals surface area (Å²) in [5.41, 5.74) is 2.46. The number of ether oxygens (including phenoxy) is 2. The van der Waals surface area contributed by atoms with Crippen LogP contribution in [0.15, 0.2) is 46.0 Å². The molecule has 0 aliphatic heterocycles. The van der Waals surface area contributed by atoms with Crippen LogP contribution in [-0.4, -0.2) is 36.5 Å². The van der Waals surface area contributed by atoms with Crippen molar-refractivity contribution >= 4 is 11.6 Å². The topological polar surface area (TPSA) is 72.8 Å². The molecule has 0 saturated carbocycles. The van der Waals surface area contributed by atoms with Crippen LogP contribution in [0.4, 0.5) is 0 Å². The third-order valence-corrected chi connectivity index (χ3v) is 5.27. The maximum atomic E-state index is 12.7. The van der Waals surface area contributed by atoms with Gasteiger partial charge in [-0.1, -0.05) is 23.3 Å². The molecule has 162 valence electrons. The lowest BCUT2D eigenvalue weighted by Gasteiger charge is -2.25. The van der Waals surface area contributed by atoms with E-state index in [9.17, 15) is 14.7 Å². The molecule has 0 spiro atoms. The highest BCUT2D eigenvalue weighted by molar-refractivity contribution is 6.23. The van der Waals surface area contributed by atoms with Crippen LogP contribution in [0.2, 0.25) is 0 Å². The van der Waals surface area contributed by atoms with Crippen LogP contribution in [0.1, 0.15) is 73.1 Å². The molecule has 0 aromatic carbocycles. The molecule has 1 aliphatic rings. The summed E-state index contributed by atoms with van der Waals surface area (Å²) in [5.74, 6) is -0.798. The normalized spacial score (nSPS) is 17.4. The minimum Gasteiger partial charge on any atom is -0.489 e. The number of Topliss-reactive ketones (excluding diaryl/α,β-unsaturated/α-hetero) is 2. The average Bonchev–Trinajstić information content (AvgIpc) is 2.63. The van der Waals surface area contributed by atoms with Crippen LogP contribution in [0.5, 0.6) is 0 Å². The summed E-state index contributed by atoms with van der Waals surface area (Å²) in [6, 6.07) is 0. The lowest BCUT2D eigenvalue weighted by atomic mass is 9.85. The number of hydrogen-bond donors (Lipinski definition) is 1. The van der Waals surface area contributed by atoms with Crippen LogP contribution in [0.3, 0.4) is 0 Å². The standard InChI is InChI=1S/C24H36O5/c1-16(2)10-8-11-17(3)12-9-14-24(5,27)15-13-19-18(4)20(25)22(28-6)23(29-7)21(19)26/h10,12,27H,8-9,11,13-15H2,1-7H3. The molecule has 1 aliphatic carbocycles. The number of carbonyl (C=O) groups excluding carboxylic acids is 2. The fraction of sp³-hybridized carbons (Fsp3) is 0.583. The van der Waals surface area contributed by atoms with Crippen molar-refractivity contribution in [3.05, 3.63) is 46.0 Å². The second-order valence-electron chi connectivity index (χ2n) is 8.23. The zero-order chi connectivity index (χ0) is 22.2. The molecule has 0 bridgehead atoms. The summed E-state index contributed by atoms with van der Waals surface area (Å²) >= 11 is 0. The van der Waals surface area contributed by atoms with Crippen LogP contribution in [0.25, 0.3) is 0 Å². The highest BCUT2D eigenvalue weighted by Crippen LogP contribution is 2.31. The number of aliphatic hydroxyl groups is 1. The van der Waals surface area contributed by atoms with Gasteiger partial charge in [-0.3, -0.25) is 9.59 Å². The maximum absolute atomic E-state index is 12.7. The predicted octanol–water partition coefficient (Wildman–Crippen LogP) is 4.96. The molecule has 29 heavy (non-hydrogen) atoms. The van der Waals surface area contributed by atoms with E-state index in [0.717, 1.165) is 19.3 Å². The van der Waals surface area contributed by atoms with E-state index in [2.05, 4.69) is 32.9 Å². The van der Waals surface area contributed by atoms with Crippen molar-refractivity contribution in [1.82, 2.24) is 0 Å². The number of methoxy groups -OCH3 is 2. The van der Waals surface area contributed by atoms with Gasteiger partial charge in [0.25, 0.3) is 0 Å². The molecule has 0 amide bonds. The number of rotatable bonds is 11. The summed E-state index contributed by atoms with van der Waals surface area (Å²) in [5, 5.41) is 10.7. The molecule has 5 nitrogen and oxygen atoms in total. The van der Waals surface area contributed by atoms with Gasteiger partial charge >= 0.3 is 0 Å². The van der Waals surface area contributed by atoms with E-state index in [1.165, 1.54) is 25.4 Å². The Labute approximate surface area is 175 Å². The Morgan fingerprint density at radius 3 is 2.10 bits per heavy atom. The first-order valence-corrected chi connectivity index (χ1v) is 10.2. The molecule has 0 heterocycles. The molecule has 1 atom stereocenters. The van der Waals surface area contributed by atoms with Crippen LogP contribution >= 0.6 is 0 Å². The SMILES string of the molecule is COC1=C(OC)C(=O)C(CCC(C)(O)CCC=C(C)CCC=C(C)C)=C(C)C1=O. The van der Waals surface area contributed by atoms with Gasteiger partial charge in [-0.2, -0.15) is 0 Å². The molecular weight excluding hydrogens is 368 g/mol. The lowest BCUT2D eigenvalue weighted by molar-refractivity contribution is -0.121. The van der Waals surface area contributed by atoms with Crippen molar-refractivity contribution in [2.24, 2.45) is 0 Å². The molecule has 0 saturated heterocycles. The fourth-order valence-corrected chi connectivity index (χ4v) is 3.33. The second-order valence-corrected chi connectivity index (χ2v) is 8.23. The average molecular weight is 405 g/mol. The Morgan fingerprint density at radius 1 is 0.966 bits per heavy atom. The van der Waals surface area contributed by atoms with E-state index in [4.69, 9.17) is 9.47 Å². The van der Waals surface area contributed by atoms with Gasteiger partial charge in [0.05, 0.1) is 19.8 Å². The van der Waals surface area contributed by atoms with Crippen molar-refractivity contribution in [2.45, 2.75) is 78.7 Å². The molecule has 1 unspecified atom stereocenters. The lowest BCUT2D eigenvalue weighted by Crippen LogP contribution is -2.28. The molecular formula is C24H36O5. The van der Waals surface area contributed by atoms with Crippen molar-refractivity contribution < 1.29 is 24.2 Å². The quantitative estimate of drug-likeness (QED) is 0.389. The fourth-order valence-electron chi connectivity index (χ4n) is 3.33. The molecule has 1 rings (SSSR count). The van der Waals surface area contributed by atoms with Crippen LogP contribution < -0.4 is 0 Å². The molecule has 0 aromatic rings. The second kappa shape index (κ2) is 11.1. The summed E-state index contributed by atoms with van der Waals surface area (Å²) in [4.78, 5) is 25.1. The Morgan fingerprint density at radius 2 is 1.55 bits per heavy atom. The van der Waals surface area contributed by atoms with Gasteiger partial charge in [-0.25, -0.2) is 0 Å². The summed E-state index contributed by atoms with van der Waals surface area (Å²) < 4.78 is 10.2. The van der Waals surface area contributed by atoms with E-state index in [-0.39, 0.29) is 23.1 Å². The van der Waals surface area contributed by atoms with Crippen LogP contribution in [-0.2, 0) is 19.1 Å². The van der Waals surface area contributed by atoms with E-state index in [1.54, 1.807) is 13.8 Å². The molecule has 0 aromatic heterocycles. The Bertz CT molecular complexity index is 743. The first kappa shape index (κ1) is 24.9. The summed E-state index contributed by atoms with van der Waals surface area (Å²) in [6.07, 6.45) is 8.52. The largest absolute Gasteiger partial charge is 0.489 e. The molecule has 0 radical (unpaired) electrons. The van der Waals surface area contributed by atoms with Crippen molar-refractivity contribution in [1.29, 1.82) is 0 Å². The van der Waals surface area contributed by atoms with Gasteiger partial charge in [0, 0.05) is 11.1 Å². The number of hydrogen-bond acceptors (Lipinski definition) is 5.